The lowest BCUT2D eigenvalue weighted by molar-refractivity contribution is -0.134. The van der Waals surface area contributed by atoms with Crippen LogP contribution in [0.2, 0.25) is 0 Å². The zero-order valence-electron chi connectivity index (χ0n) is 29.4. The molecule has 1 aliphatic rings. The number of hydrogen-bond acceptors (Lipinski definition) is 12. The van der Waals surface area contributed by atoms with Crippen molar-refractivity contribution in [1.82, 2.24) is 29.7 Å². The number of oxime groups is 1. The van der Waals surface area contributed by atoms with Crippen molar-refractivity contribution < 1.29 is 29.0 Å². The van der Waals surface area contributed by atoms with Gasteiger partial charge in [0, 0.05) is 58.7 Å². The number of hydrogen-bond donors (Lipinski definition) is 4. The molecule has 1 aliphatic heterocycles. The number of carbonyl (C=O) groups is 2. The Bertz CT molecular complexity index is 1530. The maximum atomic E-state index is 12.8. The van der Waals surface area contributed by atoms with E-state index in [-0.39, 0.29) is 37.0 Å². The Morgan fingerprint density at radius 3 is 2.60 bits per heavy atom. The summed E-state index contributed by atoms with van der Waals surface area (Å²) in [5.74, 6) is 0.640. The first kappa shape index (κ1) is 38.5. The average molecular weight is 696 g/mol. The third kappa shape index (κ3) is 11.9. The number of carbonyl (C=O) groups excluding carboxylic acids is 2. The number of nitrogens with zero attached hydrogens (tertiary/aromatic N) is 6. The van der Waals surface area contributed by atoms with Crippen LogP contribution in [0.25, 0.3) is 11.0 Å². The summed E-state index contributed by atoms with van der Waals surface area (Å²) in [6, 6.07) is 8.44. The number of aliphatic hydroxyl groups excluding tert-OH is 1. The fraction of sp³-hybridized carbons (Fsp3) is 0.571. The first-order valence-electron chi connectivity index (χ1n) is 17.4. The van der Waals surface area contributed by atoms with Gasteiger partial charge in [0.25, 0.3) is 5.91 Å². The second kappa shape index (κ2) is 20.4. The van der Waals surface area contributed by atoms with Gasteiger partial charge in [-0.15, -0.1) is 5.16 Å². The molecule has 1 saturated heterocycles. The molecular formula is C35H53N9O6. The monoisotopic (exact) mass is 695 g/mol. The number of fused-ring (bicyclic) bond motifs is 1. The number of amides is 2. The van der Waals surface area contributed by atoms with Crippen LogP contribution >= 0.6 is 0 Å². The van der Waals surface area contributed by atoms with E-state index >= 15 is 0 Å². The van der Waals surface area contributed by atoms with Crippen LogP contribution in [0.15, 0.2) is 35.6 Å². The molecule has 1 fully saturated rings. The van der Waals surface area contributed by atoms with E-state index in [1.54, 1.807) is 0 Å². The molecule has 3 heterocycles. The number of rotatable bonds is 22. The highest BCUT2D eigenvalue weighted by Crippen LogP contribution is 2.26. The lowest BCUT2D eigenvalue weighted by Gasteiger charge is -2.35. The summed E-state index contributed by atoms with van der Waals surface area (Å²) >= 11 is 0. The molecule has 15 heteroatoms. The summed E-state index contributed by atoms with van der Waals surface area (Å²) in [6.45, 7) is 13.4. The SMILES string of the molecule is C=NOCC(=O)NCCOCCOCCC(=O)N1CCN(Cc2ccc(C)c(Cn3ccc4nc(N)nc(N[C@H](CO)CCCC)c43)c2)CC1. The summed E-state index contributed by atoms with van der Waals surface area (Å²) in [7, 11) is 0. The van der Waals surface area contributed by atoms with Gasteiger partial charge in [0.15, 0.2) is 12.4 Å². The predicted octanol–water partition coefficient (Wildman–Crippen LogP) is 2.15. The number of anilines is 2. The molecule has 0 bridgehead atoms. The summed E-state index contributed by atoms with van der Waals surface area (Å²) < 4.78 is 13.1. The van der Waals surface area contributed by atoms with Gasteiger partial charge < -0.3 is 45.3 Å². The molecule has 3 aromatic rings. The number of piperazine rings is 1. The van der Waals surface area contributed by atoms with Gasteiger partial charge in [-0.1, -0.05) is 38.0 Å². The highest BCUT2D eigenvalue weighted by atomic mass is 16.6. The van der Waals surface area contributed by atoms with E-state index < -0.39 is 0 Å². The van der Waals surface area contributed by atoms with Crippen molar-refractivity contribution in [1.29, 1.82) is 0 Å². The number of aliphatic hydroxyl groups is 1. The lowest BCUT2D eigenvalue weighted by atomic mass is 10.0. The van der Waals surface area contributed by atoms with Gasteiger partial charge in [-0.05, 0) is 36.1 Å². The third-order valence-corrected chi connectivity index (χ3v) is 8.67. The highest BCUT2D eigenvalue weighted by molar-refractivity contribution is 5.87. The first-order chi connectivity index (χ1) is 24.3. The van der Waals surface area contributed by atoms with Crippen molar-refractivity contribution in [2.75, 3.05) is 83.4 Å². The van der Waals surface area contributed by atoms with Crippen LogP contribution < -0.4 is 16.4 Å². The first-order valence-corrected chi connectivity index (χ1v) is 17.4. The van der Waals surface area contributed by atoms with Crippen molar-refractivity contribution in [3.63, 3.8) is 0 Å². The maximum Gasteiger partial charge on any atom is 0.260 e. The molecule has 5 N–H and O–H groups in total. The molecule has 0 saturated carbocycles. The molecule has 274 valence electrons. The van der Waals surface area contributed by atoms with Crippen molar-refractivity contribution >= 4 is 41.3 Å². The van der Waals surface area contributed by atoms with Gasteiger partial charge in [-0.25, -0.2) is 4.98 Å². The lowest BCUT2D eigenvalue weighted by Crippen LogP contribution is -2.48. The van der Waals surface area contributed by atoms with E-state index in [0.717, 1.165) is 49.9 Å². The molecule has 50 heavy (non-hydrogen) atoms. The van der Waals surface area contributed by atoms with E-state index in [0.29, 0.717) is 64.8 Å². The molecular weight excluding hydrogens is 642 g/mol. The fourth-order valence-electron chi connectivity index (χ4n) is 5.86. The molecule has 2 amide bonds. The smallest absolute Gasteiger partial charge is 0.260 e. The summed E-state index contributed by atoms with van der Waals surface area (Å²) in [5.41, 5.74) is 11.3. The molecule has 1 aromatic carbocycles. The average Bonchev–Trinajstić information content (AvgIpc) is 3.52. The Labute approximate surface area is 294 Å². The van der Waals surface area contributed by atoms with Crippen LogP contribution in [0.3, 0.4) is 0 Å². The molecule has 0 spiro atoms. The fourth-order valence-corrected chi connectivity index (χ4v) is 5.86. The minimum absolute atomic E-state index is 0.0123. The van der Waals surface area contributed by atoms with E-state index in [9.17, 15) is 14.7 Å². The zero-order valence-corrected chi connectivity index (χ0v) is 29.4. The van der Waals surface area contributed by atoms with Gasteiger partial charge in [0.2, 0.25) is 11.9 Å². The summed E-state index contributed by atoms with van der Waals surface area (Å²) in [4.78, 5) is 42.0. The number of aromatic nitrogens is 3. The Morgan fingerprint density at radius 2 is 1.86 bits per heavy atom. The maximum absolute atomic E-state index is 12.8. The van der Waals surface area contributed by atoms with E-state index in [4.69, 9.17) is 15.2 Å². The van der Waals surface area contributed by atoms with Crippen LogP contribution in [-0.2, 0) is 37.0 Å². The Balaban J connectivity index is 1.21. The quantitative estimate of drug-likeness (QED) is 0.0687. The van der Waals surface area contributed by atoms with E-state index in [1.165, 1.54) is 16.7 Å². The van der Waals surface area contributed by atoms with Crippen LogP contribution in [0.4, 0.5) is 11.8 Å². The molecule has 0 aliphatic carbocycles. The van der Waals surface area contributed by atoms with Crippen LogP contribution in [0, 0.1) is 6.92 Å². The number of unbranched alkanes of at least 4 members (excludes halogenated alkanes) is 1. The van der Waals surface area contributed by atoms with Crippen molar-refractivity contribution in [2.24, 2.45) is 5.16 Å². The molecule has 1 atom stereocenters. The van der Waals surface area contributed by atoms with Crippen molar-refractivity contribution in [3.05, 3.63) is 47.2 Å². The van der Waals surface area contributed by atoms with Crippen LogP contribution in [0.5, 0.6) is 0 Å². The molecule has 0 unspecified atom stereocenters. The molecule has 2 aromatic heterocycles. The normalized spacial score (nSPS) is 14.1. The Morgan fingerprint density at radius 1 is 1.08 bits per heavy atom. The number of ether oxygens (including phenoxy) is 2. The van der Waals surface area contributed by atoms with E-state index in [1.807, 2.05) is 17.2 Å². The molecule has 15 nitrogen and oxygen atoms in total. The minimum Gasteiger partial charge on any atom is -0.394 e. The number of nitrogens with two attached hydrogens (primary N) is 1. The standard InChI is InChI=1S/C35H53N9O6/c1-4-5-6-29(24-45)39-34-33-30(40-35(36)41-34)9-12-44(33)23-28-21-27(8-7-26(28)2)22-42-13-15-43(16-14-42)32(47)10-17-48-19-20-49-18-11-38-31(46)25-50-37-3/h7-9,12,21,29,45H,3-6,10-11,13-20,22-25H2,1-2H3,(H,38,46)(H3,36,39,40,41)/t29-/m0/s1. The van der Waals surface area contributed by atoms with Gasteiger partial charge >= 0.3 is 0 Å². The Hall–Kier alpha value is -4.31. The summed E-state index contributed by atoms with van der Waals surface area (Å²) in [6.07, 6.45) is 5.23. The number of nitrogen functional groups attached to an aromatic ring is 1. The van der Waals surface area contributed by atoms with Gasteiger partial charge in [-0.3, -0.25) is 14.5 Å². The largest absolute Gasteiger partial charge is 0.394 e. The number of nitrogens with one attached hydrogen (secondary N) is 2. The van der Waals surface area contributed by atoms with E-state index in [2.05, 4.69) is 78.8 Å². The van der Waals surface area contributed by atoms with Crippen LogP contribution in [-0.4, -0.2) is 126 Å². The topological polar surface area (TPSA) is 182 Å². The second-order valence-corrected chi connectivity index (χ2v) is 12.4. The molecule has 0 radical (unpaired) electrons. The van der Waals surface area contributed by atoms with Gasteiger partial charge in [0.05, 0.1) is 51.0 Å². The van der Waals surface area contributed by atoms with Crippen molar-refractivity contribution in [2.45, 2.75) is 58.7 Å². The highest BCUT2D eigenvalue weighted by Gasteiger charge is 2.21. The van der Waals surface area contributed by atoms with Crippen molar-refractivity contribution in [3.8, 4) is 0 Å². The predicted molar refractivity (Wildman–Crippen MR) is 193 cm³/mol. The molecule has 4 rings (SSSR count). The van der Waals surface area contributed by atoms with Crippen LogP contribution in [0.1, 0.15) is 49.3 Å². The zero-order chi connectivity index (χ0) is 35.7. The number of benzene rings is 1. The summed E-state index contributed by atoms with van der Waals surface area (Å²) in [5, 5.41) is 19.2. The Kier molecular flexibility index (Phi) is 15.7. The number of aryl methyl sites for hydroxylation is 1. The van der Waals surface area contributed by atoms with Gasteiger partial charge in [-0.2, -0.15) is 4.98 Å². The second-order valence-electron chi connectivity index (χ2n) is 12.4. The minimum atomic E-state index is -0.291. The third-order valence-electron chi connectivity index (χ3n) is 8.67. The van der Waals surface area contributed by atoms with Gasteiger partial charge in [0.1, 0.15) is 5.52 Å².